The summed E-state index contributed by atoms with van der Waals surface area (Å²) in [4.78, 5) is 25.7. The summed E-state index contributed by atoms with van der Waals surface area (Å²) < 4.78 is 0. The van der Waals surface area contributed by atoms with Gasteiger partial charge in [0.1, 0.15) is 5.92 Å². The van der Waals surface area contributed by atoms with Crippen LogP contribution in [0.15, 0.2) is 0 Å². The summed E-state index contributed by atoms with van der Waals surface area (Å²) in [5.74, 6) is 4.52. The van der Waals surface area contributed by atoms with Gasteiger partial charge in [0.2, 0.25) is 11.8 Å². The van der Waals surface area contributed by atoms with Gasteiger partial charge in [0.05, 0.1) is 6.17 Å². The zero-order valence-corrected chi connectivity index (χ0v) is 15.5. The summed E-state index contributed by atoms with van der Waals surface area (Å²) >= 11 is 1.86. The van der Waals surface area contributed by atoms with E-state index in [-0.39, 0.29) is 29.9 Å². The van der Waals surface area contributed by atoms with Gasteiger partial charge in [-0.3, -0.25) is 14.9 Å². The third-order valence-corrected chi connectivity index (χ3v) is 8.69. The van der Waals surface area contributed by atoms with Crippen LogP contribution in [0, 0.1) is 35.5 Å². The van der Waals surface area contributed by atoms with E-state index >= 15 is 0 Å². The van der Waals surface area contributed by atoms with Crippen LogP contribution in [-0.2, 0) is 9.59 Å². The second-order valence-electron chi connectivity index (χ2n) is 8.71. The molecule has 2 heterocycles. The van der Waals surface area contributed by atoms with Crippen LogP contribution in [0.5, 0.6) is 0 Å². The molecule has 2 amide bonds. The van der Waals surface area contributed by atoms with E-state index in [1.54, 1.807) is 0 Å². The van der Waals surface area contributed by atoms with Gasteiger partial charge in [0, 0.05) is 30.0 Å². The number of nitrogens with one attached hydrogen (secondary N) is 3. The molecule has 3 aliphatic carbocycles. The van der Waals surface area contributed by atoms with Crippen LogP contribution in [-0.4, -0.2) is 42.1 Å². The summed E-state index contributed by atoms with van der Waals surface area (Å²) in [5.41, 5.74) is 0. The fourth-order valence-electron chi connectivity index (χ4n) is 6.88. The highest BCUT2D eigenvalue weighted by Gasteiger charge is 2.62. The lowest BCUT2D eigenvalue weighted by molar-refractivity contribution is -0.136. The van der Waals surface area contributed by atoms with Crippen molar-refractivity contribution in [3.63, 3.8) is 0 Å². The van der Waals surface area contributed by atoms with Crippen LogP contribution < -0.4 is 16.0 Å². The number of thioether (sulfide) groups is 1. The van der Waals surface area contributed by atoms with Crippen LogP contribution in [0.1, 0.15) is 38.5 Å². The van der Waals surface area contributed by atoms with Crippen LogP contribution in [0.2, 0.25) is 0 Å². The highest BCUT2D eigenvalue weighted by atomic mass is 32.2. The van der Waals surface area contributed by atoms with Crippen molar-refractivity contribution in [3.8, 4) is 0 Å². The lowest BCUT2D eigenvalue weighted by atomic mass is 9.63. The minimum atomic E-state index is -0.465. The van der Waals surface area contributed by atoms with Crippen molar-refractivity contribution in [2.45, 2.75) is 50.7 Å². The molecule has 0 radical (unpaired) electrons. The molecule has 5 rings (SSSR count). The monoisotopic (exact) mass is 363 g/mol. The van der Waals surface area contributed by atoms with Gasteiger partial charge in [-0.2, -0.15) is 11.8 Å². The van der Waals surface area contributed by atoms with Crippen molar-refractivity contribution in [1.29, 1.82) is 0 Å². The minimum Gasteiger partial charge on any atom is -0.352 e. The Labute approximate surface area is 153 Å². The highest BCUT2D eigenvalue weighted by molar-refractivity contribution is 7.99. The Hall–Kier alpha value is -0.750. The molecule has 2 saturated heterocycles. The Morgan fingerprint density at radius 1 is 1.08 bits per heavy atom. The second kappa shape index (κ2) is 6.45. The van der Waals surface area contributed by atoms with Gasteiger partial charge in [-0.15, -0.1) is 0 Å². The summed E-state index contributed by atoms with van der Waals surface area (Å²) in [5, 5.41) is 9.75. The predicted octanol–water partition coefficient (Wildman–Crippen LogP) is 1.34. The maximum atomic E-state index is 13.0. The molecule has 5 nitrogen and oxygen atoms in total. The zero-order valence-electron chi connectivity index (χ0n) is 14.7. The third-order valence-electron chi connectivity index (χ3n) is 7.63. The maximum Gasteiger partial charge on any atom is 0.234 e. The molecule has 6 heteroatoms. The van der Waals surface area contributed by atoms with E-state index in [4.69, 9.17) is 0 Å². The largest absolute Gasteiger partial charge is 0.352 e. The van der Waals surface area contributed by atoms with E-state index in [0.29, 0.717) is 11.8 Å². The molecule has 5 fully saturated rings. The van der Waals surface area contributed by atoms with Crippen molar-refractivity contribution in [1.82, 2.24) is 16.0 Å². The summed E-state index contributed by atoms with van der Waals surface area (Å²) in [7, 11) is 0. The second-order valence-corrected chi connectivity index (χ2v) is 9.86. The molecule has 8 atom stereocenters. The number of rotatable bonds is 2. The van der Waals surface area contributed by atoms with E-state index < -0.39 is 5.92 Å². The first-order valence-electron chi connectivity index (χ1n) is 10.2. The van der Waals surface area contributed by atoms with E-state index in [1.807, 2.05) is 11.8 Å². The van der Waals surface area contributed by atoms with Crippen molar-refractivity contribution >= 4 is 23.6 Å². The van der Waals surface area contributed by atoms with Gasteiger partial charge in [-0.05, 0) is 36.5 Å². The number of amides is 2. The maximum absolute atomic E-state index is 13.0. The van der Waals surface area contributed by atoms with Gasteiger partial charge < -0.3 is 10.6 Å². The molecule has 25 heavy (non-hydrogen) atoms. The molecule has 138 valence electrons. The number of carbonyl (C=O) groups is 2. The van der Waals surface area contributed by atoms with Gasteiger partial charge >= 0.3 is 0 Å². The van der Waals surface area contributed by atoms with Crippen molar-refractivity contribution in [2.75, 3.05) is 18.1 Å². The quantitative estimate of drug-likeness (QED) is 0.648. The Bertz CT molecular complexity index is 563. The molecule has 0 aromatic heterocycles. The summed E-state index contributed by atoms with van der Waals surface area (Å²) in [6.45, 7) is 0.924. The van der Waals surface area contributed by atoms with E-state index in [9.17, 15) is 9.59 Å². The molecule has 5 aliphatic rings. The van der Waals surface area contributed by atoms with Crippen molar-refractivity contribution < 1.29 is 9.59 Å². The molecule has 0 aromatic carbocycles. The van der Waals surface area contributed by atoms with Crippen LogP contribution in [0.25, 0.3) is 0 Å². The molecular formula is C19H29N3O2S. The third kappa shape index (κ3) is 2.62. The highest BCUT2D eigenvalue weighted by Crippen LogP contribution is 2.60. The Kier molecular flexibility index (Phi) is 4.24. The fourth-order valence-corrected chi connectivity index (χ4v) is 7.75. The average Bonchev–Trinajstić information content (AvgIpc) is 3.12. The summed E-state index contributed by atoms with van der Waals surface area (Å²) in [6.07, 6.45) is 7.79. The minimum absolute atomic E-state index is 0.0119. The van der Waals surface area contributed by atoms with Gasteiger partial charge in [0.25, 0.3) is 0 Å². The van der Waals surface area contributed by atoms with Crippen molar-refractivity contribution in [3.05, 3.63) is 0 Å². The lowest BCUT2D eigenvalue weighted by Gasteiger charge is -2.42. The molecule has 3 N–H and O–H groups in total. The average molecular weight is 364 g/mol. The molecule has 3 saturated carbocycles. The molecule has 0 bridgehead atoms. The molecule has 2 aliphatic heterocycles. The Balaban J connectivity index is 1.37. The lowest BCUT2D eigenvalue weighted by Crippen LogP contribution is -2.53. The first-order chi connectivity index (χ1) is 12.2. The molecule has 8 unspecified atom stereocenters. The Morgan fingerprint density at radius 2 is 1.88 bits per heavy atom. The van der Waals surface area contributed by atoms with E-state index in [2.05, 4.69) is 16.0 Å². The molecular weight excluding hydrogens is 334 g/mol. The van der Waals surface area contributed by atoms with Crippen LogP contribution in [0.4, 0.5) is 0 Å². The number of hydrogen-bond acceptors (Lipinski definition) is 4. The van der Waals surface area contributed by atoms with Crippen molar-refractivity contribution in [2.24, 2.45) is 35.5 Å². The smallest absolute Gasteiger partial charge is 0.234 e. The van der Waals surface area contributed by atoms with Gasteiger partial charge in [0.15, 0.2) is 0 Å². The standard InChI is InChI=1S/C19H29N3O2S/c23-18(21-13-9-25-8-7-20-13)16-15-11-5-1-3-10-4-2-6-12(14(10)11)17(15)22-19(16)24/h10-17,20H,1-9H2,(H,21,23)(H,22,24). The molecule has 0 aromatic rings. The first kappa shape index (κ1) is 16.4. The zero-order chi connectivity index (χ0) is 17.0. The number of fused-ring (bicyclic) bond motifs is 3. The van der Waals surface area contributed by atoms with E-state index in [0.717, 1.165) is 29.9 Å². The Morgan fingerprint density at radius 3 is 2.64 bits per heavy atom. The molecule has 0 spiro atoms. The van der Waals surface area contributed by atoms with E-state index in [1.165, 1.54) is 38.5 Å². The first-order valence-corrected chi connectivity index (χ1v) is 11.3. The number of hydrogen-bond donors (Lipinski definition) is 3. The normalized spacial score (nSPS) is 48.4. The fraction of sp³-hybridized carbons (Fsp3) is 0.895. The van der Waals surface area contributed by atoms with Crippen LogP contribution in [0.3, 0.4) is 0 Å². The van der Waals surface area contributed by atoms with Gasteiger partial charge in [-0.25, -0.2) is 0 Å². The topological polar surface area (TPSA) is 70.2 Å². The SMILES string of the molecule is O=C(NC1CSCCN1)C1C(=O)NC2C3CCCC4CCCC(C43)C12. The predicted molar refractivity (Wildman–Crippen MR) is 97.8 cm³/mol. The summed E-state index contributed by atoms with van der Waals surface area (Å²) in [6, 6.07) is 0.257. The van der Waals surface area contributed by atoms with Gasteiger partial charge in [-0.1, -0.05) is 25.7 Å². The number of carbonyl (C=O) groups excluding carboxylic acids is 2. The van der Waals surface area contributed by atoms with Crippen LogP contribution >= 0.6 is 11.8 Å².